The molecule has 0 saturated carbocycles. The maximum absolute atomic E-state index is 13.0. The number of amidine groups is 1. The summed E-state index contributed by atoms with van der Waals surface area (Å²) in [7, 11) is 1.85. The molecule has 1 amide bonds. The number of aliphatic imine (C=N–C) groups is 1. The average molecular weight is 385 g/mol. The highest BCUT2D eigenvalue weighted by atomic mass is 32.2. The summed E-state index contributed by atoms with van der Waals surface area (Å²) in [5.74, 6) is 0.312. The molecular formula is C17H15N5O2S2. The lowest BCUT2D eigenvalue weighted by atomic mass is 10.2. The number of thiazole rings is 1. The first kappa shape index (κ1) is 16.8. The molecule has 26 heavy (non-hydrogen) atoms. The van der Waals surface area contributed by atoms with Gasteiger partial charge in [0.25, 0.3) is 5.56 Å². The molecule has 0 radical (unpaired) electrons. The van der Waals surface area contributed by atoms with Gasteiger partial charge in [-0.1, -0.05) is 30.0 Å². The number of nitrogens with one attached hydrogen (secondary N) is 1. The fraction of sp³-hybridized carbons (Fsp3) is 0.176. The van der Waals surface area contributed by atoms with Gasteiger partial charge in [0.05, 0.1) is 22.7 Å². The van der Waals surface area contributed by atoms with Gasteiger partial charge in [-0.25, -0.2) is 9.67 Å². The van der Waals surface area contributed by atoms with Gasteiger partial charge in [0.1, 0.15) is 0 Å². The quantitative estimate of drug-likeness (QED) is 0.751. The van der Waals surface area contributed by atoms with E-state index in [1.807, 2.05) is 54.4 Å². The van der Waals surface area contributed by atoms with Crippen molar-refractivity contribution < 1.29 is 4.79 Å². The van der Waals surface area contributed by atoms with Crippen LogP contribution in [-0.4, -0.2) is 31.2 Å². The van der Waals surface area contributed by atoms with Crippen LogP contribution in [-0.2, 0) is 11.8 Å². The molecule has 1 saturated heterocycles. The summed E-state index contributed by atoms with van der Waals surface area (Å²) in [6.07, 6.45) is 0. The molecule has 0 bridgehead atoms. The summed E-state index contributed by atoms with van der Waals surface area (Å²) in [4.78, 5) is 33.1. The Morgan fingerprint density at radius 3 is 2.69 bits per heavy atom. The van der Waals surface area contributed by atoms with Crippen molar-refractivity contribution in [3.8, 4) is 16.9 Å². The van der Waals surface area contributed by atoms with Gasteiger partial charge in [0.2, 0.25) is 11.0 Å². The lowest BCUT2D eigenvalue weighted by Crippen LogP contribution is -2.20. The molecule has 4 rings (SSSR count). The Kier molecular flexibility index (Phi) is 4.25. The minimum atomic E-state index is -0.121. The highest BCUT2D eigenvalue weighted by Gasteiger charge is 2.21. The molecule has 9 heteroatoms. The zero-order valence-electron chi connectivity index (χ0n) is 14.1. The van der Waals surface area contributed by atoms with Crippen LogP contribution in [0.15, 0.2) is 45.5 Å². The molecule has 0 unspecified atom stereocenters. The third-order valence-corrected chi connectivity index (χ3v) is 5.69. The van der Waals surface area contributed by atoms with E-state index in [1.54, 1.807) is 4.68 Å². The number of rotatable bonds is 3. The van der Waals surface area contributed by atoms with Gasteiger partial charge < -0.3 is 5.32 Å². The number of benzene rings is 1. The van der Waals surface area contributed by atoms with Crippen LogP contribution in [0.2, 0.25) is 0 Å². The van der Waals surface area contributed by atoms with E-state index in [2.05, 4.69) is 15.3 Å². The molecule has 0 aliphatic carbocycles. The van der Waals surface area contributed by atoms with Crippen LogP contribution in [0.3, 0.4) is 0 Å². The molecule has 3 aromatic rings. The van der Waals surface area contributed by atoms with Gasteiger partial charge in [0.15, 0.2) is 5.17 Å². The van der Waals surface area contributed by atoms with Crippen LogP contribution in [0.5, 0.6) is 0 Å². The number of thioether (sulfide) groups is 1. The van der Waals surface area contributed by atoms with E-state index >= 15 is 0 Å². The molecule has 2 aromatic heterocycles. The van der Waals surface area contributed by atoms with E-state index in [9.17, 15) is 9.59 Å². The minimum Gasteiger partial charge on any atom is -0.304 e. The summed E-state index contributed by atoms with van der Waals surface area (Å²) in [5, 5.41) is 5.56. The second-order valence-corrected chi connectivity index (χ2v) is 7.51. The standard InChI is InChI=1S/C17H15N5O2S2/c1-10-14(15(24)22(21(10)2)11-6-4-3-5-7-11)12-8-25-16(18-12)20-17-19-13(23)9-26-17/h3-8H,9H2,1-2H3,(H,18,19,20,23). The molecule has 1 aliphatic rings. The molecule has 1 fully saturated rings. The van der Waals surface area contributed by atoms with Crippen molar-refractivity contribution in [1.82, 2.24) is 19.7 Å². The van der Waals surface area contributed by atoms with Gasteiger partial charge in [-0.05, 0) is 19.1 Å². The Balaban J connectivity index is 1.76. The topological polar surface area (TPSA) is 81.3 Å². The Labute approximate surface area is 157 Å². The maximum atomic E-state index is 13.0. The Morgan fingerprint density at radius 1 is 1.23 bits per heavy atom. The molecule has 3 heterocycles. The van der Waals surface area contributed by atoms with Crippen LogP contribution in [0.1, 0.15) is 5.69 Å². The largest absolute Gasteiger partial charge is 0.304 e. The molecule has 1 N–H and O–H groups in total. The Hall–Kier alpha value is -2.65. The van der Waals surface area contributed by atoms with Gasteiger partial charge in [-0.15, -0.1) is 11.3 Å². The lowest BCUT2D eigenvalue weighted by molar-refractivity contribution is -0.116. The van der Waals surface area contributed by atoms with Crippen molar-refractivity contribution in [2.45, 2.75) is 6.92 Å². The minimum absolute atomic E-state index is 0.0600. The van der Waals surface area contributed by atoms with E-state index in [4.69, 9.17) is 0 Å². The monoisotopic (exact) mass is 385 g/mol. The summed E-state index contributed by atoms with van der Waals surface area (Å²) >= 11 is 2.69. The van der Waals surface area contributed by atoms with Crippen LogP contribution in [0.4, 0.5) is 5.13 Å². The third kappa shape index (κ3) is 2.89. The van der Waals surface area contributed by atoms with Crippen LogP contribution in [0.25, 0.3) is 16.9 Å². The number of carbonyl (C=O) groups is 1. The zero-order valence-corrected chi connectivity index (χ0v) is 15.7. The first-order valence-corrected chi connectivity index (χ1v) is 9.72. The summed E-state index contributed by atoms with van der Waals surface area (Å²) in [6.45, 7) is 1.90. The van der Waals surface area contributed by atoms with E-state index < -0.39 is 0 Å². The fourth-order valence-corrected chi connectivity index (χ4v) is 4.18. The van der Waals surface area contributed by atoms with Crippen LogP contribution >= 0.6 is 23.1 Å². The highest BCUT2D eigenvalue weighted by molar-refractivity contribution is 8.15. The van der Waals surface area contributed by atoms with E-state index in [-0.39, 0.29) is 11.5 Å². The van der Waals surface area contributed by atoms with Crippen molar-refractivity contribution in [2.24, 2.45) is 12.0 Å². The molecule has 1 aromatic carbocycles. The average Bonchev–Trinajstić information content (AvgIpc) is 3.30. The summed E-state index contributed by atoms with van der Waals surface area (Å²) in [6, 6.07) is 9.49. The smallest absolute Gasteiger partial charge is 0.281 e. The molecular weight excluding hydrogens is 370 g/mol. The second-order valence-electron chi connectivity index (χ2n) is 5.71. The molecule has 0 spiro atoms. The Morgan fingerprint density at radius 2 is 2.00 bits per heavy atom. The van der Waals surface area contributed by atoms with Crippen LogP contribution in [0, 0.1) is 6.92 Å². The summed E-state index contributed by atoms with van der Waals surface area (Å²) < 4.78 is 3.45. The van der Waals surface area contributed by atoms with Crippen molar-refractivity contribution in [3.05, 3.63) is 51.8 Å². The van der Waals surface area contributed by atoms with Crippen molar-refractivity contribution in [2.75, 3.05) is 5.75 Å². The zero-order chi connectivity index (χ0) is 18.3. The first-order valence-electron chi connectivity index (χ1n) is 7.86. The number of nitrogens with zero attached hydrogens (tertiary/aromatic N) is 4. The maximum Gasteiger partial charge on any atom is 0.281 e. The molecule has 132 valence electrons. The van der Waals surface area contributed by atoms with Gasteiger partial charge >= 0.3 is 0 Å². The number of carbonyl (C=O) groups excluding carboxylic acids is 1. The van der Waals surface area contributed by atoms with Crippen molar-refractivity contribution >= 4 is 39.3 Å². The molecule has 7 nitrogen and oxygen atoms in total. The van der Waals surface area contributed by atoms with Crippen molar-refractivity contribution in [3.63, 3.8) is 0 Å². The lowest BCUT2D eigenvalue weighted by Gasteiger charge is -2.07. The SMILES string of the molecule is Cc1c(-c2csc(/N=C3\NC(=O)CS3)n2)c(=O)n(-c2ccccc2)n1C. The molecule has 0 atom stereocenters. The van der Waals surface area contributed by atoms with E-state index in [0.717, 1.165) is 11.4 Å². The number of para-hydroxylation sites is 1. The van der Waals surface area contributed by atoms with Gasteiger partial charge in [-0.3, -0.25) is 14.3 Å². The number of aromatic nitrogens is 3. The Bertz CT molecular complexity index is 1080. The fourth-order valence-electron chi connectivity index (χ4n) is 2.77. The van der Waals surface area contributed by atoms with E-state index in [0.29, 0.717) is 27.3 Å². The van der Waals surface area contributed by atoms with E-state index in [1.165, 1.54) is 23.1 Å². The summed E-state index contributed by atoms with van der Waals surface area (Å²) in [5.41, 5.74) is 2.66. The van der Waals surface area contributed by atoms with Crippen molar-refractivity contribution in [1.29, 1.82) is 0 Å². The number of amides is 1. The number of hydrogen-bond acceptors (Lipinski definition) is 6. The normalized spacial score (nSPS) is 15.6. The predicted octanol–water partition coefficient (Wildman–Crippen LogP) is 2.46. The highest BCUT2D eigenvalue weighted by Crippen LogP contribution is 2.28. The van der Waals surface area contributed by atoms with Gasteiger partial charge in [-0.2, -0.15) is 4.99 Å². The number of hydrogen-bond donors (Lipinski definition) is 1. The third-order valence-electron chi connectivity index (χ3n) is 4.09. The van der Waals surface area contributed by atoms with Gasteiger partial charge in [0, 0.05) is 18.1 Å². The van der Waals surface area contributed by atoms with Crippen LogP contribution < -0.4 is 10.9 Å². The molecule has 1 aliphatic heterocycles. The first-order chi connectivity index (χ1) is 12.5. The predicted molar refractivity (Wildman–Crippen MR) is 105 cm³/mol. The second kappa shape index (κ2) is 6.58.